The van der Waals surface area contributed by atoms with Gasteiger partial charge in [0.25, 0.3) is 0 Å². The number of carbonyl (C=O) groups excluding carboxylic acids is 1. The topological polar surface area (TPSA) is 67.2 Å². The molecule has 3 aromatic rings. The number of para-hydroxylation sites is 1. The first kappa shape index (κ1) is 16.4. The Labute approximate surface area is 148 Å². The van der Waals surface area contributed by atoms with Crippen molar-refractivity contribution < 1.29 is 4.79 Å². The van der Waals surface area contributed by atoms with Gasteiger partial charge in [0.1, 0.15) is 11.4 Å². The summed E-state index contributed by atoms with van der Waals surface area (Å²) in [5.74, 6) is 0.0202. The normalized spacial score (nSPS) is 11.0. The molecule has 2 aromatic carbocycles. The standard InChI is InChI=1S/C17H13ClN4OS/c18-13-7-5-12(6-8-13)9-21-22-16(23)10-24-17-14-3-1-2-4-15(14)19-11-20-17/h1-9,11H,10H2,(H,22,23)/b21-9-. The lowest BCUT2D eigenvalue weighted by Gasteiger charge is -2.03. The van der Waals surface area contributed by atoms with Gasteiger partial charge in [0.05, 0.1) is 17.5 Å². The first-order chi connectivity index (χ1) is 11.7. The third kappa shape index (κ3) is 4.31. The van der Waals surface area contributed by atoms with Crippen molar-refractivity contribution in [3.63, 3.8) is 0 Å². The van der Waals surface area contributed by atoms with Crippen molar-refractivity contribution in [3.05, 3.63) is 65.4 Å². The molecule has 24 heavy (non-hydrogen) atoms. The van der Waals surface area contributed by atoms with Gasteiger partial charge in [0.2, 0.25) is 5.91 Å². The predicted octanol–water partition coefficient (Wildman–Crippen LogP) is 3.53. The summed E-state index contributed by atoms with van der Waals surface area (Å²) >= 11 is 7.16. The minimum absolute atomic E-state index is 0.201. The molecular weight excluding hydrogens is 344 g/mol. The number of fused-ring (bicyclic) bond motifs is 1. The summed E-state index contributed by atoms with van der Waals surface area (Å²) in [6.45, 7) is 0. The molecule has 0 bridgehead atoms. The minimum Gasteiger partial charge on any atom is -0.272 e. The zero-order valence-electron chi connectivity index (χ0n) is 12.5. The molecule has 1 N–H and O–H groups in total. The van der Waals surface area contributed by atoms with E-state index in [0.29, 0.717) is 5.02 Å². The fourth-order valence-corrected chi connectivity index (χ4v) is 2.90. The average molecular weight is 357 g/mol. The first-order valence-corrected chi connectivity index (χ1v) is 8.49. The van der Waals surface area contributed by atoms with Crippen molar-refractivity contribution in [3.8, 4) is 0 Å². The van der Waals surface area contributed by atoms with Crippen molar-refractivity contribution in [2.24, 2.45) is 5.10 Å². The maximum absolute atomic E-state index is 11.9. The van der Waals surface area contributed by atoms with E-state index in [1.807, 2.05) is 36.4 Å². The lowest BCUT2D eigenvalue weighted by molar-refractivity contribution is -0.118. The van der Waals surface area contributed by atoms with Crippen LogP contribution in [-0.4, -0.2) is 27.8 Å². The van der Waals surface area contributed by atoms with Crippen LogP contribution in [0, 0.1) is 0 Å². The fraction of sp³-hybridized carbons (Fsp3) is 0.0588. The first-order valence-electron chi connectivity index (χ1n) is 7.12. The molecule has 1 heterocycles. The van der Waals surface area contributed by atoms with Crippen molar-refractivity contribution >= 4 is 46.4 Å². The molecule has 1 amide bonds. The summed E-state index contributed by atoms with van der Waals surface area (Å²) in [7, 11) is 0. The second kappa shape index (κ2) is 7.90. The van der Waals surface area contributed by atoms with Gasteiger partial charge in [0, 0.05) is 10.4 Å². The van der Waals surface area contributed by atoms with Crippen LogP contribution in [0.5, 0.6) is 0 Å². The van der Waals surface area contributed by atoms with E-state index >= 15 is 0 Å². The van der Waals surface area contributed by atoms with Gasteiger partial charge < -0.3 is 0 Å². The van der Waals surface area contributed by atoms with Gasteiger partial charge in [-0.25, -0.2) is 15.4 Å². The molecule has 0 aliphatic heterocycles. The largest absolute Gasteiger partial charge is 0.272 e. The zero-order valence-corrected chi connectivity index (χ0v) is 14.1. The highest BCUT2D eigenvalue weighted by molar-refractivity contribution is 8.00. The Hall–Kier alpha value is -2.44. The van der Waals surface area contributed by atoms with Crippen LogP contribution in [-0.2, 0) is 4.79 Å². The molecule has 7 heteroatoms. The van der Waals surface area contributed by atoms with E-state index in [2.05, 4.69) is 20.5 Å². The van der Waals surface area contributed by atoms with Crippen LogP contribution < -0.4 is 5.43 Å². The van der Waals surface area contributed by atoms with Crippen molar-refractivity contribution in [1.82, 2.24) is 15.4 Å². The molecule has 0 spiro atoms. The van der Waals surface area contributed by atoms with E-state index < -0.39 is 0 Å². The van der Waals surface area contributed by atoms with Gasteiger partial charge in [-0.3, -0.25) is 4.79 Å². The molecule has 1 aromatic heterocycles. The number of carbonyl (C=O) groups is 1. The molecule has 0 radical (unpaired) electrons. The maximum Gasteiger partial charge on any atom is 0.250 e. The molecule has 3 rings (SSSR count). The second-order valence-electron chi connectivity index (χ2n) is 4.83. The smallest absolute Gasteiger partial charge is 0.250 e. The second-order valence-corrected chi connectivity index (χ2v) is 6.23. The molecule has 0 saturated carbocycles. The Kier molecular flexibility index (Phi) is 5.40. The Morgan fingerprint density at radius 2 is 1.96 bits per heavy atom. The number of hydrogen-bond acceptors (Lipinski definition) is 5. The number of aromatic nitrogens is 2. The number of benzene rings is 2. The van der Waals surface area contributed by atoms with Crippen LogP contribution in [0.3, 0.4) is 0 Å². The lowest BCUT2D eigenvalue weighted by atomic mass is 10.2. The number of hydrogen-bond donors (Lipinski definition) is 1. The molecule has 0 aliphatic rings. The highest BCUT2D eigenvalue weighted by atomic mass is 35.5. The third-order valence-electron chi connectivity index (χ3n) is 3.12. The fourth-order valence-electron chi connectivity index (χ4n) is 1.99. The predicted molar refractivity (Wildman–Crippen MR) is 97.5 cm³/mol. The van der Waals surface area contributed by atoms with Crippen molar-refractivity contribution in [2.75, 3.05) is 5.75 Å². The third-order valence-corrected chi connectivity index (χ3v) is 4.38. The molecular formula is C17H13ClN4OS. The number of rotatable bonds is 5. The Bertz CT molecular complexity index is 878. The van der Waals surface area contributed by atoms with Gasteiger partial charge in [-0.05, 0) is 23.8 Å². The summed E-state index contributed by atoms with van der Waals surface area (Å²) in [6.07, 6.45) is 3.07. The summed E-state index contributed by atoms with van der Waals surface area (Å²) in [5.41, 5.74) is 4.21. The SMILES string of the molecule is O=C(CSc1ncnc2ccccc12)N/N=C\c1ccc(Cl)cc1. The Morgan fingerprint density at radius 3 is 2.79 bits per heavy atom. The molecule has 0 atom stereocenters. The summed E-state index contributed by atoms with van der Waals surface area (Å²) in [6, 6.07) is 14.9. The van der Waals surface area contributed by atoms with Crippen LogP contribution in [0.1, 0.15) is 5.56 Å². The quantitative estimate of drug-likeness (QED) is 0.329. The number of thioether (sulfide) groups is 1. The molecule has 0 unspecified atom stereocenters. The van der Waals surface area contributed by atoms with Gasteiger partial charge in [-0.2, -0.15) is 5.10 Å². The maximum atomic E-state index is 11.9. The molecule has 120 valence electrons. The van der Waals surface area contributed by atoms with E-state index in [9.17, 15) is 4.79 Å². The van der Waals surface area contributed by atoms with Crippen molar-refractivity contribution in [2.45, 2.75) is 5.03 Å². The molecule has 0 fully saturated rings. The highest BCUT2D eigenvalue weighted by Gasteiger charge is 2.06. The summed E-state index contributed by atoms with van der Waals surface area (Å²) in [4.78, 5) is 20.3. The summed E-state index contributed by atoms with van der Waals surface area (Å²) < 4.78 is 0. The van der Waals surface area contributed by atoms with E-state index in [-0.39, 0.29) is 11.7 Å². The van der Waals surface area contributed by atoms with Crippen LogP contribution in [0.15, 0.2) is 65.0 Å². The number of hydrazone groups is 1. The Morgan fingerprint density at radius 1 is 1.17 bits per heavy atom. The number of nitrogens with zero attached hydrogens (tertiary/aromatic N) is 3. The van der Waals surface area contributed by atoms with E-state index in [1.165, 1.54) is 18.1 Å². The van der Waals surface area contributed by atoms with Crippen LogP contribution in [0.25, 0.3) is 10.9 Å². The summed E-state index contributed by atoms with van der Waals surface area (Å²) in [5, 5.41) is 6.30. The lowest BCUT2D eigenvalue weighted by Crippen LogP contribution is -2.19. The highest BCUT2D eigenvalue weighted by Crippen LogP contribution is 2.23. The van der Waals surface area contributed by atoms with Gasteiger partial charge in [-0.1, -0.05) is 53.7 Å². The Balaban J connectivity index is 1.56. The monoisotopic (exact) mass is 356 g/mol. The average Bonchev–Trinajstić information content (AvgIpc) is 2.61. The molecule has 5 nitrogen and oxygen atoms in total. The van der Waals surface area contributed by atoms with Crippen LogP contribution >= 0.6 is 23.4 Å². The van der Waals surface area contributed by atoms with Gasteiger partial charge in [-0.15, -0.1) is 0 Å². The van der Waals surface area contributed by atoms with Crippen molar-refractivity contribution in [1.29, 1.82) is 0 Å². The molecule has 0 aliphatic carbocycles. The van der Waals surface area contributed by atoms with E-state index in [4.69, 9.17) is 11.6 Å². The number of nitrogens with one attached hydrogen (secondary N) is 1. The number of amides is 1. The molecule has 0 saturated heterocycles. The number of halogens is 1. The van der Waals surface area contributed by atoms with Gasteiger partial charge >= 0.3 is 0 Å². The van der Waals surface area contributed by atoms with E-state index in [0.717, 1.165) is 21.5 Å². The minimum atomic E-state index is -0.201. The van der Waals surface area contributed by atoms with Gasteiger partial charge in [0.15, 0.2) is 0 Å². The zero-order chi connectivity index (χ0) is 16.8. The van der Waals surface area contributed by atoms with E-state index in [1.54, 1.807) is 18.3 Å². The van der Waals surface area contributed by atoms with Crippen LogP contribution in [0.2, 0.25) is 5.02 Å². The van der Waals surface area contributed by atoms with Crippen LogP contribution in [0.4, 0.5) is 0 Å².